The summed E-state index contributed by atoms with van der Waals surface area (Å²) < 4.78 is 24.6. The van der Waals surface area contributed by atoms with E-state index in [1.54, 1.807) is 12.1 Å². The quantitative estimate of drug-likeness (QED) is 0.535. The molecule has 1 aromatic carbocycles. The second-order valence-corrected chi connectivity index (χ2v) is 6.53. The minimum absolute atomic E-state index is 0.0747. The van der Waals surface area contributed by atoms with Crippen LogP contribution in [0.1, 0.15) is 0 Å². The number of hydrogen-bond acceptors (Lipinski definition) is 3. The Balaban J connectivity index is 3.07. The number of benzene rings is 1. The second kappa shape index (κ2) is 5.41. The summed E-state index contributed by atoms with van der Waals surface area (Å²) in [5.74, 6) is 0. The van der Waals surface area contributed by atoms with Gasteiger partial charge in [0.05, 0.1) is 4.90 Å². The number of nitrogens with one attached hydrogen (secondary N) is 2. The highest BCUT2D eigenvalue weighted by Crippen LogP contribution is 2.25. The van der Waals surface area contributed by atoms with Crippen molar-refractivity contribution < 1.29 is 8.42 Å². The van der Waals surface area contributed by atoms with Gasteiger partial charge in [0.25, 0.3) is 10.0 Å². The molecule has 0 fully saturated rings. The van der Waals surface area contributed by atoms with Crippen molar-refractivity contribution in [2.24, 2.45) is 5.73 Å². The highest BCUT2D eigenvalue weighted by atomic mass is 79.9. The normalized spacial score (nSPS) is 11.1. The van der Waals surface area contributed by atoms with Crippen molar-refractivity contribution >= 4 is 59.2 Å². The molecular weight excluding hydrogens is 382 g/mol. The summed E-state index contributed by atoms with van der Waals surface area (Å²) in [5.41, 5.74) is 7.28. The van der Waals surface area contributed by atoms with E-state index in [0.29, 0.717) is 8.95 Å². The smallest absolute Gasteiger partial charge is 0.258 e. The molecule has 0 saturated carbocycles. The van der Waals surface area contributed by atoms with Gasteiger partial charge in [0.1, 0.15) is 0 Å². The molecule has 0 aliphatic heterocycles. The van der Waals surface area contributed by atoms with Crippen LogP contribution in [-0.4, -0.2) is 13.5 Å². The average molecular weight is 389 g/mol. The molecule has 0 aliphatic carbocycles. The number of hydrazine groups is 1. The lowest BCUT2D eigenvalue weighted by molar-refractivity contribution is 0.577. The lowest BCUT2D eigenvalue weighted by Crippen LogP contribution is -2.44. The van der Waals surface area contributed by atoms with Crippen LogP contribution < -0.4 is 16.0 Å². The van der Waals surface area contributed by atoms with Crippen molar-refractivity contribution in [1.29, 1.82) is 0 Å². The zero-order chi connectivity index (χ0) is 12.3. The van der Waals surface area contributed by atoms with Gasteiger partial charge in [-0.25, -0.2) is 8.42 Å². The van der Waals surface area contributed by atoms with Crippen LogP contribution in [0.5, 0.6) is 0 Å². The minimum atomic E-state index is -3.71. The summed E-state index contributed by atoms with van der Waals surface area (Å²) in [6.45, 7) is 0. The van der Waals surface area contributed by atoms with E-state index >= 15 is 0 Å². The molecule has 88 valence electrons. The van der Waals surface area contributed by atoms with Crippen LogP contribution in [0.3, 0.4) is 0 Å². The molecule has 4 N–H and O–H groups in total. The van der Waals surface area contributed by atoms with Gasteiger partial charge in [-0.1, -0.05) is 15.9 Å². The number of thiocarbonyl (C=S) groups is 1. The van der Waals surface area contributed by atoms with E-state index in [1.165, 1.54) is 6.07 Å². The molecule has 16 heavy (non-hydrogen) atoms. The van der Waals surface area contributed by atoms with Crippen molar-refractivity contribution in [2.45, 2.75) is 4.90 Å². The van der Waals surface area contributed by atoms with Gasteiger partial charge in [0.15, 0.2) is 5.11 Å². The van der Waals surface area contributed by atoms with Crippen LogP contribution in [0.25, 0.3) is 0 Å². The first kappa shape index (κ1) is 13.8. The van der Waals surface area contributed by atoms with E-state index in [2.05, 4.69) is 49.5 Å². The van der Waals surface area contributed by atoms with Gasteiger partial charge in [0.2, 0.25) is 0 Å². The summed E-state index contributed by atoms with van der Waals surface area (Å²) in [6.07, 6.45) is 0. The molecule has 0 bridgehead atoms. The summed E-state index contributed by atoms with van der Waals surface area (Å²) in [6, 6.07) is 4.77. The van der Waals surface area contributed by atoms with Crippen molar-refractivity contribution in [3.63, 3.8) is 0 Å². The zero-order valence-corrected chi connectivity index (χ0v) is 12.5. The SMILES string of the molecule is NC(=S)NNS(=O)(=O)c1cc(Br)ccc1Br. The van der Waals surface area contributed by atoms with Gasteiger partial charge in [-0.05, 0) is 46.3 Å². The number of halogens is 2. The third kappa shape index (κ3) is 3.67. The van der Waals surface area contributed by atoms with Crippen LogP contribution in [-0.2, 0) is 10.0 Å². The first-order valence-corrected chi connectivity index (χ1v) is 7.33. The Bertz CT molecular complexity index is 518. The van der Waals surface area contributed by atoms with Crippen molar-refractivity contribution in [2.75, 3.05) is 0 Å². The van der Waals surface area contributed by atoms with Gasteiger partial charge in [-0.3, -0.25) is 5.43 Å². The summed E-state index contributed by atoms with van der Waals surface area (Å²) in [5, 5.41) is -0.158. The fraction of sp³-hybridized carbons (Fsp3) is 0. The Morgan fingerprint density at radius 2 is 2.00 bits per heavy atom. The first-order chi connectivity index (χ1) is 7.33. The minimum Gasteiger partial charge on any atom is -0.375 e. The lowest BCUT2D eigenvalue weighted by Gasteiger charge is -2.09. The molecule has 1 aromatic rings. The Morgan fingerprint density at radius 1 is 1.38 bits per heavy atom. The van der Waals surface area contributed by atoms with Crippen LogP contribution in [0.2, 0.25) is 0 Å². The summed E-state index contributed by atoms with van der Waals surface area (Å²) in [4.78, 5) is 2.12. The van der Waals surface area contributed by atoms with Gasteiger partial charge < -0.3 is 5.73 Å². The number of rotatable bonds is 3. The molecule has 5 nitrogen and oxygen atoms in total. The maximum absolute atomic E-state index is 11.8. The lowest BCUT2D eigenvalue weighted by atomic mass is 10.4. The largest absolute Gasteiger partial charge is 0.375 e. The topological polar surface area (TPSA) is 84.2 Å². The van der Waals surface area contributed by atoms with Gasteiger partial charge in [-0.15, -0.1) is 4.83 Å². The molecule has 9 heteroatoms. The molecule has 0 saturated heterocycles. The van der Waals surface area contributed by atoms with Crippen molar-refractivity contribution in [1.82, 2.24) is 10.3 Å². The van der Waals surface area contributed by atoms with Crippen molar-refractivity contribution in [3.05, 3.63) is 27.1 Å². The maximum Gasteiger partial charge on any atom is 0.258 e. The van der Waals surface area contributed by atoms with E-state index in [4.69, 9.17) is 5.73 Å². The van der Waals surface area contributed by atoms with Crippen LogP contribution >= 0.6 is 44.1 Å². The van der Waals surface area contributed by atoms with E-state index in [9.17, 15) is 8.42 Å². The molecule has 0 unspecified atom stereocenters. The highest BCUT2D eigenvalue weighted by Gasteiger charge is 2.17. The molecule has 1 rings (SSSR count). The van der Waals surface area contributed by atoms with Gasteiger partial charge >= 0.3 is 0 Å². The van der Waals surface area contributed by atoms with Gasteiger partial charge in [-0.2, -0.15) is 0 Å². The van der Waals surface area contributed by atoms with E-state index in [-0.39, 0.29) is 10.0 Å². The second-order valence-electron chi connectivity index (χ2n) is 2.67. The third-order valence-electron chi connectivity index (χ3n) is 1.49. The molecule has 0 amide bonds. The molecule has 0 atom stereocenters. The van der Waals surface area contributed by atoms with Crippen LogP contribution in [0.15, 0.2) is 32.0 Å². The Hall–Kier alpha value is -0.220. The average Bonchev–Trinajstić information content (AvgIpc) is 2.19. The Kier molecular flexibility index (Phi) is 4.68. The molecule has 0 heterocycles. The van der Waals surface area contributed by atoms with Crippen LogP contribution in [0.4, 0.5) is 0 Å². The van der Waals surface area contributed by atoms with E-state index < -0.39 is 10.0 Å². The fourth-order valence-corrected chi connectivity index (χ4v) is 3.33. The molecule has 0 spiro atoms. The standard InChI is InChI=1S/C7H7Br2N3O2S2/c8-4-1-2-5(9)6(3-4)16(13,14)12-11-7(10)15/h1-3,12H,(H3,10,11,15). The van der Waals surface area contributed by atoms with E-state index in [0.717, 1.165) is 0 Å². The van der Waals surface area contributed by atoms with Crippen molar-refractivity contribution in [3.8, 4) is 0 Å². The monoisotopic (exact) mass is 387 g/mol. The Labute approximate surface area is 115 Å². The molecule has 0 radical (unpaired) electrons. The number of sulfonamides is 1. The fourth-order valence-electron chi connectivity index (χ4n) is 0.856. The zero-order valence-electron chi connectivity index (χ0n) is 7.70. The van der Waals surface area contributed by atoms with E-state index in [1.807, 2.05) is 4.83 Å². The summed E-state index contributed by atoms with van der Waals surface area (Å²) in [7, 11) is -3.71. The van der Waals surface area contributed by atoms with Gasteiger partial charge in [0, 0.05) is 8.95 Å². The molecule has 0 aliphatic rings. The number of nitrogens with two attached hydrogens (primary N) is 1. The predicted octanol–water partition coefficient (Wildman–Crippen LogP) is 1.24. The number of hydrogen-bond donors (Lipinski definition) is 3. The maximum atomic E-state index is 11.8. The predicted molar refractivity (Wildman–Crippen MR) is 72.1 cm³/mol. The third-order valence-corrected chi connectivity index (χ3v) is 4.33. The molecule has 0 aromatic heterocycles. The summed E-state index contributed by atoms with van der Waals surface area (Å²) >= 11 is 10.8. The van der Waals surface area contributed by atoms with Crippen LogP contribution in [0, 0.1) is 0 Å². The Morgan fingerprint density at radius 3 is 2.56 bits per heavy atom. The first-order valence-electron chi connectivity index (χ1n) is 3.85. The molecular formula is C7H7Br2N3O2S2. The highest BCUT2D eigenvalue weighted by molar-refractivity contribution is 9.11.